The van der Waals surface area contributed by atoms with E-state index in [4.69, 9.17) is 23.2 Å². The van der Waals surface area contributed by atoms with Crippen molar-refractivity contribution in [3.05, 3.63) is 49.9 Å². The van der Waals surface area contributed by atoms with Crippen molar-refractivity contribution in [2.75, 3.05) is 6.54 Å². The fourth-order valence-electron chi connectivity index (χ4n) is 2.08. The van der Waals surface area contributed by atoms with Gasteiger partial charge in [-0.3, -0.25) is 0 Å². The fraction of sp³-hybridized carbons (Fsp3) is 0.375. The summed E-state index contributed by atoms with van der Waals surface area (Å²) in [4.78, 5) is 10.1. The number of benzene rings is 1. The maximum atomic E-state index is 6.27. The standard InChI is InChI=1S/C16H20Cl2N4S/c1-4-19-16(21-9-15-20-8-10(2)23-15)22-11(3)13-6-5-12(17)7-14(13)18/h5-8,11H,4,9H2,1-3H3,(H2,19,21,22). The van der Waals surface area contributed by atoms with E-state index in [1.165, 1.54) is 4.88 Å². The van der Waals surface area contributed by atoms with Gasteiger partial charge in [0.2, 0.25) is 0 Å². The van der Waals surface area contributed by atoms with Crippen LogP contribution >= 0.6 is 34.5 Å². The molecular formula is C16H20Cl2N4S. The van der Waals surface area contributed by atoms with Gasteiger partial charge in [0, 0.05) is 27.7 Å². The number of aliphatic imine (C=N–C) groups is 1. The first kappa shape index (κ1) is 18.0. The van der Waals surface area contributed by atoms with Crippen molar-refractivity contribution in [3.63, 3.8) is 0 Å². The third-order valence-electron chi connectivity index (χ3n) is 3.17. The van der Waals surface area contributed by atoms with Crippen LogP contribution in [0.3, 0.4) is 0 Å². The van der Waals surface area contributed by atoms with Crippen LogP contribution in [-0.4, -0.2) is 17.5 Å². The zero-order valence-electron chi connectivity index (χ0n) is 13.4. The van der Waals surface area contributed by atoms with Gasteiger partial charge >= 0.3 is 0 Å². The second-order valence-corrected chi connectivity index (χ2v) is 7.25. The van der Waals surface area contributed by atoms with Gasteiger partial charge in [-0.2, -0.15) is 0 Å². The predicted molar refractivity (Wildman–Crippen MR) is 99.7 cm³/mol. The highest BCUT2D eigenvalue weighted by Crippen LogP contribution is 2.26. The number of aryl methyl sites for hydroxylation is 1. The molecule has 0 aliphatic heterocycles. The highest BCUT2D eigenvalue weighted by atomic mass is 35.5. The summed E-state index contributed by atoms with van der Waals surface area (Å²) < 4.78 is 0. The van der Waals surface area contributed by atoms with E-state index in [1.807, 2.05) is 39.1 Å². The third-order valence-corrected chi connectivity index (χ3v) is 4.63. The maximum Gasteiger partial charge on any atom is 0.192 e. The molecule has 1 aromatic heterocycles. The molecule has 0 fully saturated rings. The van der Waals surface area contributed by atoms with E-state index in [-0.39, 0.29) is 6.04 Å². The van der Waals surface area contributed by atoms with Crippen LogP contribution < -0.4 is 10.6 Å². The van der Waals surface area contributed by atoms with E-state index in [1.54, 1.807) is 17.4 Å². The van der Waals surface area contributed by atoms with Crippen LogP contribution in [0, 0.1) is 6.92 Å². The lowest BCUT2D eigenvalue weighted by atomic mass is 10.1. The van der Waals surface area contributed by atoms with Crippen LogP contribution in [0.2, 0.25) is 10.0 Å². The van der Waals surface area contributed by atoms with Gasteiger partial charge < -0.3 is 10.6 Å². The SMILES string of the molecule is CCNC(=NCc1ncc(C)s1)NC(C)c1ccc(Cl)cc1Cl. The van der Waals surface area contributed by atoms with Crippen LogP contribution in [0.25, 0.3) is 0 Å². The van der Waals surface area contributed by atoms with Gasteiger partial charge in [-0.05, 0) is 38.5 Å². The number of guanidine groups is 1. The molecule has 23 heavy (non-hydrogen) atoms. The summed E-state index contributed by atoms with van der Waals surface area (Å²) in [5, 5.41) is 8.87. The van der Waals surface area contributed by atoms with E-state index in [0.717, 1.165) is 23.1 Å². The van der Waals surface area contributed by atoms with Gasteiger partial charge in [0.25, 0.3) is 0 Å². The first-order valence-electron chi connectivity index (χ1n) is 7.40. The molecule has 0 saturated carbocycles. The Bertz CT molecular complexity index is 684. The Morgan fingerprint density at radius 3 is 2.78 bits per heavy atom. The normalized spacial score (nSPS) is 13.0. The maximum absolute atomic E-state index is 6.27. The molecule has 0 aliphatic rings. The Labute approximate surface area is 151 Å². The summed E-state index contributed by atoms with van der Waals surface area (Å²) in [7, 11) is 0. The second-order valence-electron chi connectivity index (χ2n) is 5.09. The van der Waals surface area contributed by atoms with E-state index in [9.17, 15) is 0 Å². The van der Waals surface area contributed by atoms with Crippen LogP contribution in [0.4, 0.5) is 0 Å². The van der Waals surface area contributed by atoms with Crippen molar-refractivity contribution >= 4 is 40.5 Å². The van der Waals surface area contributed by atoms with Crippen LogP contribution in [-0.2, 0) is 6.54 Å². The Hall–Kier alpha value is -1.30. The summed E-state index contributed by atoms with van der Waals surface area (Å²) in [6.45, 7) is 7.44. The van der Waals surface area contributed by atoms with Gasteiger partial charge in [-0.15, -0.1) is 11.3 Å². The molecule has 124 valence electrons. The molecule has 2 rings (SSSR count). The zero-order chi connectivity index (χ0) is 16.8. The lowest BCUT2D eigenvalue weighted by Crippen LogP contribution is -2.38. The molecule has 0 bridgehead atoms. The summed E-state index contributed by atoms with van der Waals surface area (Å²) in [6, 6.07) is 5.52. The average Bonchev–Trinajstić information content (AvgIpc) is 2.90. The topological polar surface area (TPSA) is 49.3 Å². The average molecular weight is 371 g/mol. The Morgan fingerprint density at radius 1 is 1.39 bits per heavy atom. The van der Waals surface area contributed by atoms with E-state index >= 15 is 0 Å². The van der Waals surface area contributed by atoms with Crippen molar-refractivity contribution in [2.45, 2.75) is 33.4 Å². The molecule has 4 nitrogen and oxygen atoms in total. The molecule has 2 aromatic rings. The lowest BCUT2D eigenvalue weighted by molar-refractivity contribution is 0.686. The molecule has 0 saturated heterocycles. The van der Waals surface area contributed by atoms with Gasteiger partial charge in [0.1, 0.15) is 5.01 Å². The molecule has 0 radical (unpaired) electrons. The van der Waals surface area contributed by atoms with Crippen molar-refractivity contribution in [1.29, 1.82) is 0 Å². The highest BCUT2D eigenvalue weighted by Gasteiger charge is 2.12. The van der Waals surface area contributed by atoms with E-state index in [2.05, 4.69) is 20.6 Å². The summed E-state index contributed by atoms with van der Waals surface area (Å²) >= 11 is 13.9. The van der Waals surface area contributed by atoms with Crippen LogP contribution in [0.5, 0.6) is 0 Å². The Balaban J connectivity index is 2.08. The van der Waals surface area contributed by atoms with Crippen LogP contribution in [0.1, 0.15) is 35.3 Å². The molecule has 1 aromatic carbocycles. The number of rotatable bonds is 5. The third kappa shape index (κ3) is 5.37. The van der Waals surface area contributed by atoms with E-state index in [0.29, 0.717) is 16.6 Å². The number of halogens is 2. The first-order valence-corrected chi connectivity index (χ1v) is 8.98. The van der Waals surface area contributed by atoms with Crippen molar-refractivity contribution in [3.8, 4) is 0 Å². The highest BCUT2D eigenvalue weighted by molar-refractivity contribution is 7.11. The van der Waals surface area contributed by atoms with Gasteiger partial charge in [0.05, 0.1) is 12.6 Å². The molecule has 0 aliphatic carbocycles. The van der Waals surface area contributed by atoms with Crippen molar-refractivity contribution in [1.82, 2.24) is 15.6 Å². The fourth-order valence-corrected chi connectivity index (χ4v) is 3.36. The first-order chi connectivity index (χ1) is 11.0. The van der Waals surface area contributed by atoms with Gasteiger partial charge in [0.15, 0.2) is 5.96 Å². The number of nitrogens with one attached hydrogen (secondary N) is 2. The number of thiazole rings is 1. The predicted octanol–water partition coefficient (Wildman–Crippen LogP) is 4.57. The Morgan fingerprint density at radius 2 is 2.17 bits per heavy atom. The second kappa shape index (κ2) is 8.52. The van der Waals surface area contributed by atoms with Gasteiger partial charge in [-0.25, -0.2) is 9.98 Å². The number of hydrogen-bond acceptors (Lipinski definition) is 3. The lowest BCUT2D eigenvalue weighted by Gasteiger charge is -2.19. The molecule has 1 unspecified atom stereocenters. The monoisotopic (exact) mass is 370 g/mol. The molecule has 2 N–H and O–H groups in total. The smallest absolute Gasteiger partial charge is 0.192 e. The van der Waals surface area contributed by atoms with E-state index < -0.39 is 0 Å². The minimum absolute atomic E-state index is 0.00981. The molecule has 1 heterocycles. The molecule has 7 heteroatoms. The van der Waals surface area contributed by atoms with Crippen molar-refractivity contribution in [2.24, 2.45) is 4.99 Å². The number of nitrogens with zero attached hydrogens (tertiary/aromatic N) is 2. The molecule has 0 spiro atoms. The Kier molecular flexibility index (Phi) is 6.69. The van der Waals surface area contributed by atoms with Gasteiger partial charge in [-0.1, -0.05) is 29.3 Å². The zero-order valence-corrected chi connectivity index (χ0v) is 15.7. The van der Waals surface area contributed by atoms with Crippen LogP contribution in [0.15, 0.2) is 29.4 Å². The van der Waals surface area contributed by atoms with Crippen molar-refractivity contribution < 1.29 is 0 Å². The quantitative estimate of drug-likeness (QED) is 0.598. The number of aromatic nitrogens is 1. The molecule has 1 atom stereocenters. The largest absolute Gasteiger partial charge is 0.357 e. The molecular weight excluding hydrogens is 351 g/mol. The minimum atomic E-state index is 0.00981. The summed E-state index contributed by atoms with van der Waals surface area (Å²) in [5.74, 6) is 0.735. The number of hydrogen-bond donors (Lipinski definition) is 2. The summed E-state index contributed by atoms with van der Waals surface area (Å²) in [6.07, 6.45) is 1.87. The molecule has 0 amide bonds. The summed E-state index contributed by atoms with van der Waals surface area (Å²) in [5.41, 5.74) is 0.978. The minimum Gasteiger partial charge on any atom is -0.357 e.